The Morgan fingerprint density at radius 2 is 2.08 bits per heavy atom. The molecule has 0 saturated carbocycles. The molecule has 0 unspecified atom stereocenters. The molecule has 0 atom stereocenters. The van der Waals surface area contributed by atoms with Gasteiger partial charge in [-0.25, -0.2) is 4.68 Å². The summed E-state index contributed by atoms with van der Waals surface area (Å²) in [5, 5.41) is 11.1. The zero-order valence-electron chi connectivity index (χ0n) is 14.0. The van der Waals surface area contributed by atoms with Gasteiger partial charge in [-0.05, 0) is 26.3 Å². The van der Waals surface area contributed by atoms with Gasteiger partial charge < -0.3 is 9.84 Å². The molecule has 2 aromatic heterocycles. The van der Waals surface area contributed by atoms with E-state index in [0.29, 0.717) is 18.1 Å². The first-order chi connectivity index (χ1) is 11.5. The third-order valence-corrected chi connectivity index (χ3v) is 3.92. The summed E-state index contributed by atoms with van der Waals surface area (Å²) in [5.74, 6) is 1.24. The predicted octanol–water partition coefficient (Wildman–Crippen LogP) is 3.03. The lowest BCUT2D eigenvalue weighted by atomic mass is 10.1. The standard InChI is InChI=1S/C18H20N4O2/c1-12-5-4-6-15(9-12)11-22-17(7-8-19-22)20-18(23)10-16-13(2)21-24-14(16)3/h4-9H,10-11H2,1-3H3,(H,20,23). The molecule has 0 fully saturated rings. The van der Waals surface area contributed by atoms with Gasteiger partial charge in [-0.15, -0.1) is 0 Å². The van der Waals surface area contributed by atoms with Crippen LogP contribution in [-0.4, -0.2) is 20.8 Å². The summed E-state index contributed by atoms with van der Waals surface area (Å²) < 4.78 is 6.88. The van der Waals surface area contributed by atoms with Gasteiger partial charge in [-0.2, -0.15) is 5.10 Å². The van der Waals surface area contributed by atoms with Gasteiger partial charge in [0.15, 0.2) is 0 Å². The van der Waals surface area contributed by atoms with E-state index >= 15 is 0 Å². The summed E-state index contributed by atoms with van der Waals surface area (Å²) in [4.78, 5) is 12.3. The Hall–Kier alpha value is -2.89. The second kappa shape index (κ2) is 6.70. The van der Waals surface area contributed by atoms with Crippen molar-refractivity contribution in [1.82, 2.24) is 14.9 Å². The number of carbonyl (C=O) groups is 1. The topological polar surface area (TPSA) is 73.0 Å². The number of rotatable bonds is 5. The number of nitrogens with one attached hydrogen (secondary N) is 1. The highest BCUT2D eigenvalue weighted by Gasteiger charge is 2.15. The molecule has 3 rings (SSSR count). The average molecular weight is 324 g/mol. The fourth-order valence-electron chi connectivity index (χ4n) is 2.65. The van der Waals surface area contributed by atoms with E-state index in [1.54, 1.807) is 16.9 Å². The van der Waals surface area contributed by atoms with Gasteiger partial charge in [0.25, 0.3) is 0 Å². The first-order valence-electron chi connectivity index (χ1n) is 7.82. The van der Waals surface area contributed by atoms with Crippen LogP contribution >= 0.6 is 0 Å². The summed E-state index contributed by atoms with van der Waals surface area (Å²) in [6.45, 7) is 6.31. The molecule has 3 aromatic rings. The molecule has 0 spiro atoms. The molecular weight excluding hydrogens is 304 g/mol. The summed E-state index contributed by atoms with van der Waals surface area (Å²) in [6.07, 6.45) is 1.91. The van der Waals surface area contributed by atoms with E-state index in [2.05, 4.69) is 34.6 Å². The number of hydrogen-bond donors (Lipinski definition) is 1. The van der Waals surface area contributed by atoms with Crippen molar-refractivity contribution in [2.24, 2.45) is 0 Å². The van der Waals surface area contributed by atoms with Crippen molar-refractivity contribution < 1.29 is 9.32 Å². The molecule has 0 aliphatic heterocycles. The van der Waals surface area contributed by atoms with Gasteiger partial charge >= 0.3 is 0 Å². The highest BCUT2D eigenvalue weighted by molar-refractivity contribution is 5.91. The number of aromatic nitrogens is 3. The smallest absolute Gasteiger partial charge is 0.230 e. The van der Waals surface area contributed by atoms with Gasteiger partial charge in [0.1, 0.15) is 11.6 Å². The quantitative estimate of drug-likeness (QED) is 0.783. The van der Waals surface area contributed by atoms with Crippen LogP contribution in [0.1, 0.15) is 28.1 Å². The fourth-order valence-corrected chi connectivity index (χ4v) is 2.65. The van der Waals surface area contributed by atoms with Crippen LogP contribution in [-0.2, 0) is 17.8 Å². The molecule has 24 heavy (non-hydrogen) atoms. The molecule has 0 saturated heterocycles. The van der Waals surface area contributed by atoms with Crippen LogP contribution in [0, 0.1) is 20.8 Å². The van der Waals surface area contributed by atoms with Crippen molar-refractivity contribution >= 4 is 11.7 Å². The van der Waals surface area contributed by atoms with Gasteiger partial charge in [-0.1, -0.05) is 35.0 Å². The van der Waals surface area contributed by atoms with Crippen LogP contribution < -0.4 is 5.32 Å². The molecule has 1 amide bonds. The average Bonchev–Trinajstić information content (AvgIpc) is 3.09. The number of carbonyl (C=O) groups excluding carboxylic acids is 1. The Balaban J connectivity index is 1.70. The molecule has 6 nitrogen and oxygen atoms in total. The minimum absolute atomic E-state index is 0.115. The number of anilines is 1. The number of nitrogens with zero attached hydrogens (tertiary/aromatic N) is 3. The third kappa shape index (κ3) is 3.53. The maximum Gasteiger partial charge on any atom is 0.230 e. The highest BCUT2D eigenvalue weighted by atomic mass is 16.5. The van der Waals surface area contributed by atoms with Crippen molar-refractivity contribution in [3.05, 3.63) is 64.7 Å². The normalized spacial score (nSPS) is 10.8. The minimum Gasteiger partial charge on any atom is -0.361 e. The molecule has 0 bridgehead atoms. The van der Waals surface area contributed by atoms with Gasteiger partial charge in [0, 0.05) is 11.6 Å². The number of aryl methyl sites for hydroxylation is 3. The highest BCUT2D eigenvalue weighted by Crippen LogP contribution is 2.15. The first kappa shape index (κ1) is 16.0. The van der Waals surface area contributed by atoms with E-state index in [-0.39, 0.29) is 12.3 Å². The van der Waals surface area contributed by atoms with Gasteiger partial charge in [0.05, 0.1) is 24.9 Å². The lowest BCUT2D eigenvalue weighted by molar-refractivity contribution is -0.115. The van der Waals surface area contributed by atoms with Crippen LogP contribution in [0.15, 0.2) is 41.1 Å². The summed E-state index contributed by atoms with van der Waals surface area (Å²) in [6, 6.07) is 10.0. The predicted molar refractivity (Wildman–Crippen MR) is 90.8 cm³/mol. The van der Waals surface area contributed by atoms with Crippen LogP contribution in [0.5, 0.6) is 0 Å². The zero-order chi connectivity index (χ0) is 17.1. The molecule has 2 heterocycles. The van der Waals surface area contributed by atoms with E-state index in [1.165, 1.54) is 5.56 Å². The number of amides is 1. The Morgan fingerprint density at radius 1 is 1.25 bits per heavy atom. The van der Waals surface area contributed by atoms with E-state index in [4.69, 9.17) is 4.52 Å². The molecular formula is C18H20N4O2. The van der Waals surface area contributed by atoms with Crippen molar-refractivity contribution in [3.63, 3.8) is 0 Å². The first-order valence-corrected chi connectivity index (χ1v) is 7.82. The Kier molecular flexibility index (Phi) is 4.46. The molecule has 6 heteroatoms. The second-order valence-electron chi connectivity index (χ2n) is 5.89. The third-order valence-electron chi connectivity index (χ3n) is 3.92. The zero-order valence-corrected chi connectivity index (χ0v) is 14.0. The Bertz CT molecular complexity index is 844. The van der Waals surface area contributed by atoms with Crippen molar-refractivity contribution in [2.75, 3.05) is 5.32 Å². The monoisotopic (exact) mass is 324 g/mol. The maximum atomic E-state index is 12.3. The number of benzene rings is 1. The summed E-state index contributed by atoms with van der Waals surface area (Å²) >= 11 is 0. The van der Waals surface area contributed by atoms with E-state index < -0.39 is 0 Å². The van der Waals surface area contributed by atoms with Crippen molar-refractivity contribution in [3.8, 4) is 0 Å². The van der Waals surface area contributed by atoms with Crippen LogP contribution in [0.4, 0.5) is 5.82 Å². The van der Waals surface area contributed by atoms with Crippen LogP contribution in [0.3, 0.4) is 0 Å². The Morgan fingerprint density at radius 3 is 2.79 bits per heavy atom. The Labute approximate surface area is 140 Å². The molecule has 0 aliphatic rings. The number of hydrogen-bond acceptors (Lipinski definition) is 4. The lowest BCUT2D eigenvalue weighted by Crippen LogP contribution is -2.18. The summed E-state index contributed by atoms with van der Waals surface area (Å²) in [7, 11) is 0. The fraction of sp³-hybridized carbons (Fsp3) is 0.278. The summed E-state index contributed by atoms with van der Waals surface area (Å²) in [5.41, 5.74) is 3.91. The van der Waals surface area contributed by atoms with Gasteiger partial charge in [-0.3, -0.25) is 4.79 Å². The molecule has 0 aliphatic carbocycles. The maximum absolute atomic E-state index is 12.3. The second-order valence-corrected chi connectivity index (χ2v) is 5.89. The van der Waals surface area contributed by atoms with Crippen LogP contribution in [0.25, 0.3) is 0 Å². The van der Waals surface area contributed by atoms with E-state index in [1.807, 2.05) is 26.0 Å². The molecule has 124 valence electrons. The van der Waals surface area contributed by atoms with E-state index in [9.17, 15) is 4.79 Å². The molecule has 0 radical (unpaired) electrons. The van der Waals surface area contributed by atoms with E-state index in [0.717, 1.165) is 16.8 Å². The van der Waals surface area contributed by atoms with Crippen molar-refractivity contribution in [1.29, 1.82) is 0 Å². The SMILES string of the molecule is Cc1cccc(Cn2nccc2NC(=O)Cc2c(C)noc2C)c1. The molecule has 1 N–H and O–H groups in total. The largest absolute Gasteiger partial charge is 0.361 e. The lowest BCUT2D eigenvalue weighted by Gasteiger charge is -2.09. The minimum atomic E-state index is -0.115. The van der Waals surface area contributed by atoms with Gasteiger partial charge in [0.2, 0.25) is 5.91 Å². The van der Waals surface area contributed by atoms with Crippen LogP contribution in [0.2, 0.25) is 0 Å². The molecule has 1 aromatic carbocycles. The van der Waals surface area contributed by atoms with Crippen molar-refractivity contribution in [2.45, 2.75) is 33.7 Å².